The molecule has 2 aromatic rings. The molecular weight excluding hydrogens is 234 g/mol. The molecule has 0 unspecified atom stereocenters. The average molecular weight is 241 g/mol. The summed E-state index contributed by atoms with van der Waals surface area (Å²) in [5.74, 6) is 0.344. The third-order valence-corrected chi connectivity index (χ3v) is 2.16. The molecule has 2 aromatic heterocycles. The van der Waals surface area contributed by atoms with E-state index in [0.29, 0.717) is 11.2 Å². The molecule has 8 heteroatoms. The van der Waals surface area contributed by atoms with Crippen molar-refractivity contribution in [3.63, 3.8) is 0 Å². The lowest BCUT2D eigenvalue weighted by atomic mass is 10.4. The van der Waals surface area contributed by atoms with Crippen molar-refractivity contribution in [2.45, 2.75) is 0 Å². The smallest absolute Gasteiger partial charge is 0.182 e. The Bertz CT molecular complexity index is 514. The normalized spacial score (nSPS) is 10.6. The monoisotopic (exact) mass is 240 g/mol. The summed E-state index contributed by atoms with van der Waals surface area (Å²) >= 11 is 5.51. The minimum atomic E-state index is -1.37. The van der Waals surface area contributed by atoms with Crippen LogP contribution in [0.4, 0.5) is 10.6 Å². The predicted molar refractivity (Wildman–Crippen MR) is 55.1 cm³/mol. The first-order valence-corrected chi connectivity index (χ1v) is 4.96. The summed E-state index contributed by atoms with van der Waals surface area (Å²) in [5.41, 5.74) is 0.836. The Balaban J connectivity index is 2.51. The van der Waals surface area contributed by atoms with Crippen molar-refractivity contribution in [2.75, 3.05) is 17.3 Å². The SMILES string of the molecule is O=C([O-])N(CCCl)c1ncnc2nc[nH]c12. The first-order valence-electron chi connectivity index (χ1n) is 4.42. The number of carbonyl (C=O) groups excluding carboxylic acids is 1. The average Bonchev–Trinajstić information content (AvgIpc) is 2.73. The molecule has 0 spiro atoms. The Morgan fingerprint density at radius 1 is 1.50 bits per heavy atom. The summed E-state index contributed by atoms with van der Waals surface area (Å²) in [6, 6.07) is 0. The second-order valence-electron chi connectivity index (χ2n) is 2.90. The van der Waals surface area contributed by atoms with Crippen molar-refractivity contribution < 1.29 is 9.90 Å². The van der Waals surface area contributed by atoms with Crippen LogP contribution >= 0.6 is 11.6 Å². The number of carbonyl (C=O) groups is 1. The highest BCUT2D eigenvalue weighted by atomic mass is 35.5. The lowest BCUT2D eigenvalue weighted by Crippen LogP contribution is -2.43. The van der Waals surface area contributed by atoms with Gasteiger partial charge in [-0.2, -0.15) is 0 Å². The molecule has 0 bridgehead atoms. The molecule has 84 valence electrons. The van der Waals surface area contributed by atoms with E-state index in [9.17, 15) is 9.90 Å². The van der Waals surface area contributed by atoms with Crippen LogP contribution < -0.4 is 10.0 Å². The van der Waals surface area contributed by atoms with Crippen molar-refractivity contribution in [3.05, 3.63) is 12.7 Å². The Hall–Kier alpha value is -1.89. The van der Waals surface area contributed by atoms with Gasteiger partial charge >= 0.3 is 0 Å². The third-order valence-electron chi connectivity index (χ3n) is 1.99. The summed E-state index contributed by atoms with van der Waals surface area (Å²) in [4.78, 5) is 26.3. The lowest BCUT2D eigenvalue weighted by molar-refractivity contribution is -0.246. The highest BCUT2D eigenvalue weighted by Gasteiger charge is 2.14. The van der Waals surface area contributed by atoms with Crippen LogP contribution in [-0.2, 0) is 0 Å². The fourth-order valence-electron chi connectivity index (χ4n) is 1.33. The van der Waals surface area contributed by atoms with Gasteiger partial charge in [0, 0.05) is 12.4 Å². The third kappa shape index (κ3) is 1.76. The summed E-state index contributed by atoms with van der Waals surface area (Å²) in [6.45, 7) is 0.0923. The molecular formula is C8H7ClN5O2-. The number of H-pyrrole nitrogens is 1. The highest BCUT2D eigenvalue weighted by molar-refractivity contribution is 6.18. The van der Waals surface area contributed by atoms with Gasteiger partial charge in [0.05, 0.1) is 6.33 Å². The Labute approximate surface area is 95.1 Å². The van der Waals surface area contributed by atoms with Gasteiger partial charge < -0.3 is 19.8 Å². The number of aromatic nitrogens is 4. The topological polar surface area (TPSA) is 97.8 Å². The number of nitrogens with one attached hydrogen (secondary N) is 1. The predicted octanol–water partition coefficient (Wildman–Crippen LogP) is -0.259. The van der Waals surface area contributed by atoms with Gasteiger partial charge in [0.15, 0.2) is 11.5 Å². The van der Waals surface area contributed by atoms with Gasteiger partial charge in [0.1, 0.15) is 17.9 Å². The van der Waals surface area contributed by atoms with Crippen molar-refractivity contribution >= 4 is 34.7 Å². The molecule has 1 amide bonds. The van der Waals surface area contributed by atoms with Crippen LogP contribution in [0.15, 0.2) is 12.7 Å². The molecule has 0 atom stereocenters. The zero-order chi connectivity index (χ0) is 11.5. The second-order valence-corrected chi connectivity index (χ2v) is 3.28. The quantitative estimate of drug-likeness (QED) is 0.746. The maximum Gasteiger partial charge on any atom is 0.182 e. The van der Waals surface area contributed by atoms with Crippen LogP contribution in [0, 0.1) is 0 Å². The fraction of sp³-hybridized carbons (Fsp3) is 0.250. The van der Waals surface area contributed by atoms with Gasteiger partial charge in [-0.1, -0.05) is 0 Å². The fourth-order valence-corrected chi connectivity index (χ4v) is 1.49. The Kier molecular flexibility index (Phi) is 2.86. The van der Waals surface area contributed by atoms with Crippen LogP contribution in [0.1, 0.15) is 0 Å². The minimum absolute atomic E-state index is 0.0923. The number of imidazole rings is 1. The number of amides is 1. The number of anilines is 1. The Morgan fingerprint density at radius 3 is 3.00 bits per heavy atom. The molecule has 0 aliphatic rings. The van der Waals surface area contributed by atoms with Gasteiger partial charge in [-0.15, -0.1) is 11.6 Å². The van der Waals surface area contributed by atoms with Crippen molar-refractivity contribution in [1.82, 2.24) is 19.9 Å². The van der Waals surface area contributed by atoms with Crippen LogP contribution in [0.5, 0.6) is 0 Å². The molecule has 0 aromatic carbocycles. The van der Waals surface area contributed by atoms with Crippen molar-refractivity contribution in [2.24, 2.45) is 0 Å². The van der Waals surface area contributed by atoms with Crippen molar-refractivity contribution in [3.8, 4) is 0 Å². The Morgan fingerprint density at radius 2 is 2.31 bits per heavy atom. The molecule has 0 saturated heterocycles. The van der Waals surface area contributed by atoms with E-state index in [0.717, 1.165) is 4.90 Å². The molecule has 0 radical (unpaired) electrons. The summed E-state index contributed by atoms with van der Waals surface area (Å²) in [7, 11) is 0. The van der Waals surface area contributed by atoms with Crippen molar-refractivity contribution in [1.29, 1.82) is 0 Å². The standard InChI is InChI=1S/C8H8ClN5O2/c9-1-2-14(8(15)16)7-5-6(11-3-10-5)12-4-13-7/h3-4H,1-2H2,(H,15,16)(H,10,11,12,13)/p-1. The van der Waals surface area contributed by atoms with Crippen LogP contribution in [0.25, 0.3) is 11.2 Å². The number of alkyl halides is 1. The summed E-state index contributed by atoms with van der Waals surface area (Å²) in [6.07, 6.45) is 1.29. The molecule has 0 aliphatic heterocycles. The largest absolute Gasteiger partial charge is 0.530 e. The van der Waals surface area contributed by atoms with E-state index in [-0.39, 0.29) is 18.2 Å². The van der Waals surface area contributed by atoms with Gasteiger partial charge in [-0.3, -0.25) is 0 Å². The van der Waals surface area contributed by atoms with E-state index < -0.39 is 6.09 Å². The number of halogens is 1. The number of rotatable bonds is 3. The number of carboxylic acid groups (broad SMARTS) is 1. The van der Waals surface area contributed by atoms with E-state index in [4.69, 9.17) is 11.6 Å². The lowest BCUT2D eigenvalue weighted by Gasteiger charge is -2.22. The zero-order valence-corrected chi connectivity index (χ0v) is 8.81. The maximum absolute atomic E-state index is 10.9. The molecule has 7 nitrogen and oxygen atoms in total. The van der Waals surface area contributed by atoms with E-state index in [1.165, 1.54) is 12.7 Å². The first kappa shape index (κ1) is 10.6. The molecule has 0 fully saturated rings. The molecule has 2 rings (SSSR count). The zero-order valence-electron chi connectivity index (χ0n) is 8.05. The van der Waals surface area contributed by atoms with E-state index >= 15 is 0 Å². The molecule has 0 aliphatic carbocycles. The number of nitrogens with zero attached hydrogens (tertiary/aromatic N) is 4. The molecule has 1 N–H and O–H groups in total. The molecule has 0 saturated carbocycles. The second kappa shape index (κ2) is 4.31. The van der Waals surface area contributed by atoms with Gasteiger partial charge in [-0.25, -0.2) is 15.0 Å². The van der Waals surface area contributed by atoms with Crippen LogP contribution in [0.3, 0.4) is 0 Å². The van der Waals surface area contributed by atoms with Crippen LogP contribution in [0.2, 0.25) is 0 Å². The van der Waals surface area contributed by atoms with Crippen LogP contribution in [-0.4, -0.2) is 38.5 Å². The van der Waals surface area contributed by atoms with Gasteiger partial charge in [0.2, 0.25) is 0 Å². The number of hydrogen-bond donors (Lipinski definition) is 1. The first-order chi connectivity index (χ1) is 7.74. The number of fused-ring (bicyclic) bond motifs is 1. The molecule has 2 heterocycles. The number of hydrogen-bond acceptors (Lipinski definition) is 5. The van der Waals surface area contributed by atoms with E-state index in [2.05, 4.69) is 19.9 Å². The van der Waals surface area contributed by atoms with Gasteiger partial charge in [0.25, 0.3) is 0 Å². The minimum Gasteiger partial charge on any atom is -0.530 e. The number of aromatic amines is 1. The van der Waals surface area contributed by atoms with Gasteiger partial charge in [-0.05, 0) is 0 Å². The van der Waals surface area contributed by atoms with E-state index in [1.54, 1.807) is 0 Å². The molecule has 16 heavy (non-hydrogen) atoms. The summed E-state index contributed by atoms with van der Waals surface area (Å²) in [5, 5.41) is 10.9. The summed E-state index contributed by atoms with van der Waals surface area (Å²) < 4.78 is 0. The maximum atomic E-state index is 10.9. The van der Waals surface area contributed by atoms with E-state index in [1.807, 2.05) is 0 Å². The highest BCUT2D eigenvalue weighted by Crippen LogP contribution is 2.18.